The largest absolute Gasteiger partial charge is 0.504 e. The number of hydrogen-bond acceptors (Lipinski definition) is 9. The second-order valence-electron chi connectivity index (χ2n) is 10.5. The van der Waals surface area contributed by atoms with Crippen LogP contribution < -0.4 is 15.8 Å². The molecule has 1 saturated heterocycles. The van der Waals surface area contributed by atoms with Crippen LogP contribution in [0.4, 0.5) is 0 Å². The summed E-state index contributed by atoms with van der Waals surface area (Å²) in [5.41, 5.74) is 5.99. The molecule has 11 nitrogen and oxygen atoms in total. The summed E-state index contributed by atoms with van der Waals surface area (Å²) in [6.07, 6.45) is 5.71. The summed E-state index contributed by atoms with van der Waals surface area (Å²) >= 11 is 0. The highest BCUT2D eigenvalue weighted by Crippen LogP contribution is 2.65. The van der Waals surface area contributed by atoms with Gasteiger partial charge in [0.25, 0.3) is 0 Å². The third-order valence-corrected chi connectivity index (χ3v) is 8.54. The Balaban J connectivity index is 1.35. The fourth-order valence-corrected chi connectivity index (χ4v) is 6.83. The first-order valence-corrected chi connectivity index (χ1v) is 12.6. The Morgan fingerprint density at radius 1 is 1.43 bits per heavy atom. The third kappa shape index (κ3) is 3.41. The summed E-state index contributed by atoms with van der Waals surface area (Å²) in [7, 11) is 2.01. The molecule has 1 aromatic carbocycles. The average Bonchev–Trinajstić information content (AvgIpc) is 3.50. The maximum absolute atomic E-state index is 13.5. The number of amides is 1. The first kappa shape index (κ1) is 24.0. The van der Waals surface area contributed by atoms with Crippen LogP contribution in [0.1, 0.15) is 36.1 Å². The predicted octanol–water partition coefficient (Wildman–Crippen LogP) is 0.0125. The van der Waals surface area contributed by atoms with Crippen LogP contribution in [-0.4, -0.2) is 80.9 Å². The van der Waals surface area contributed by atoms with Crippen LogP contribution in [0, 0.1) is 0 Å². The van der Waals surface area contributed by atoms with Crippen LogP contribution in [0.25, 0.3) is 0 Å². The minimum absolute atomic E-state index is 0.000834. The van der Waals surface area contributed by atoms with Gasteiger partial charge in [0.05, 0.1) is 17.3 Å². The number of nitrogens with two attached hydrogens (primary N) is 1. The van der Waals surface area contributed by atoms with Gasteiger partial charge in [0.2, 0.25) is 5.91 Å². The van der Waals surface area contributed by atoms with E-state index in [1.165, 1.54) is 6.33 Å². The van der Waals surface area contributed by atoms with Gasteiger partial charge in [-0.25, -0.2) is 9.78 Å². The first-order valence-electron chi connectivity index (χ1n) is 12.6. The van der Waals surface area contributed by atoms with Crippen molar-refractivity contribution >= 4 is 11.9 Å². The van der Waals surface area contributed by atoms with E-state index in [-0.39, 0.29) is 49.3 Å². The van der Waals surface area contributed by atoms with E-state index in [2.05, 4.69) is 20.2 Å². The van der Waals surface area contributed by atoms with Crippen molar-refractivity contribution in [1.82, 2.24) is 20.2 Å². The van der Waals surface area contributed by atoms with E-state index in [1.54, 1.807) is 18.3 Å². The Labute approximate surface area is 213 Å². The van der Waals surface area contributed by atoms with Crippen molar-refractivity contribution in [2.45, 2.75) is 61.3 Å². The normalized spacial score (nSPS) is 30.1. The van der Waals surface area contributed by atoms with Gasteiger partial charge in [0.15, 0.2) is 17.6 Å². The number of esters is 1. The molecule has 4 aliphatic rings. The molecule has 2 bridgehead atoms. The van der Waals surface area contributed by atoms with Crippen molar-refractivity contribution in [3.05, 3.63) is 53.3 Å². The summed E-state index contributed by atoms with van der Waals surface area (Å²) in [6, 6.07) is 2.38. The second-order valence-corrected chi connectivity index (χ2v) is 10.5. The van der Waals surface area contributed by atoms with Gasteiger partial charge in [0.1, 0.15) is 11.8 Å². The highest BCUT2D eigenvalue weighted by molar-refractivity contribution is 5.85. The lowest BCUT2D eigenvalue weighted by molar-refractivity contribution is -0.170. The van der Waals surface area contributed by atoms with E-state index in [4.69, 9.17) is 15.2 Å². The van der Waals surface area contributed by atoms with Crippen LogP contribution in [0.3, 0.4) is 0 Å². The summed E-state index contributed by atoms with van der Waals surface area (Å²) in [4.78, 5) is 34.9. The van der Waals surface area contributed by atoms with Gasteiger partial charge in [-0.05, 0) is 44.1 Å². The summed E-state index contributed by atoms with van der Waals surface area (Å²) in [6.45, 7) is 0.875. The van der Waals surface area contributed by atoms with Crippen LogP contribution >= 0.6 is 0 Å². The fourth-order valence-electron chi connectivity index (χ4n) is 6.83. The Kier molecular flexibility index (Phi) is 5.55. The molecule has 2 aliphatic heterocycles. The quantitative estimate of drug-likeness (QED) is 0.324. The number of benzene rings is 1. The number of hydrogen-bond donors (Lipinski definition) is 5. The van der Waals surface area contributed by atoms with Crippen molar-refractivity contribution in [2.75, 3.05) is 20.1 Å². The van der Waals surface area contributed by atoms with Crippen molar-refractivity contribution in [2.24, 2.45) is 5.73 Å². The maximum atomic E-state index is 13.5. The lowest BCUT2D eigenvalue weighted by Crippen LogP contribution is -2.74. The van der Waals surface area contributed by atoms with E-state index in [0.717, 1.165) is 17.7 Å². The molecular weight excluding hydrogens is 478 g/mol. The predicted molar refractivity (Wildman–Crippen MR) is 131 cm³/mol. The zero-order chi connectivity index (χ0) is 25.9. The number of carbonyl (C=O) groups excluding carboxylic acids is 2. The van der Waals surface area contributed by atoms with Gasteiger partial charge in [-0.2, -0.15) is 0 Å². The standard InChI is InChI=1S/C26H31N5O6/c1-31-9-7-25-21-14-2-3-17(32)22(21)37-23(25)18(4-6-26(25,35)19(31)10-14)36-24(34)16(30-20(33)5-8-27)11-15-12-28-13-29-15/h2-4,12-13,16,19,23,32,35H,5-11,27H2,1H3,(H,28,29)(H,30,33)/t16-,19-,23-,25-,26+/m0/s1. The van der Waals surface area contributed by atoms with Crippen LogP contribution in [-0.2, 0) is 32.6 Å². The number of ether oxygens (including phenoxy) is 2. The molecule has 37 heavy (non-hydrogen) atoms. The number of aromatic nitrogens is 2. The number of rotatable bonds is 7. The van der Waals surface area contributed by atoms with E-state index >= 15 is 0 Å². The van der Waals surface area contributed by atoms with Crippen molar-refractivity contribution in [1.29, 1.82) is 0 Å². The van der Waals surface area contributed by atoms with Crippen LogP contribution in [0.15, 0.2) is 36.5 Å². The first-order chi connectivity index (χ1) is 17.8. The topological polar surface area (TPSA) is 163 Å². The summed E-state index contributed by atoms with van der Waals surface area (Å²) in [5, 5.41) is 25.6. The molecule has 1 amide bonds. The van der Waals surface area contributed by atoms with E-state index < -0.39 is 29.1 Å². The molecule has 2 aliphatic carbocycles. The van der Waals surface area contributed by atoms with Crippen molar-refractivity contribution in [3.63, 3.8) is 0 Å². The smallest absolute Gasteiger partial charge is 0.334 e. The number of likely N-dealkylation sites (tertiary alicyclic amines) is 1. The lowest BCUT2D eigenvalue weighted by Gasteiger charge is -2.61. The number of nitrogens with zero attached hydrogens (tertiary/aromatic N) is 2. The highest BCUT2D eigenvalue weighted by atomic mass is 16.6. The third-order valence-electron chi connectivity index (χ3n) is 8.54. The summed E-state index contributed by atoms with van der Waals surface area (Å²) in [5.74, 6) is -0.391. The van der Waals surface area contributed by atoms with Gasteiger partial charge < -0.3 is 40.6 Å². The zero-order valence-electron chi connectivity index (χ0n) is 20.6. The number of aromatic amines is 1. The molecule has 2 aromatic rings. The Morgan fingerprint density at radius 3 is 3.03 bits per heavy atom. The molecule has 0 saturated carbocycles. The number of H-pyrrole nitrogens is 1. The maximum Gasteiger partial charge on any atom is 0.334 e. The number of aromatic hydroxyl groups is 1. The minimum atomic E-state index is -1.16. The molecule has 0 unspecified atom stereocenters. The number of phenols is 1. The molecule has 0 radical (unpaired) electrons. The zero-order valence-corrected chi connectivity index (χ0v) is 20.6. The molecule has 6 N–H and O–H groups in total. The van der Waals surface area contributed by atoms with Gasteiger partial charge in [-0.1, -0.05) is 6.07 Å². The number of aliphatic hydroxyl groups is 1. The molecule has 196 valence electrons. The second kappa shape index (κ2) is 8.57. The minimum Gasteiger partial charge on any atom is -0.504 e. The number of nitrogens with one attached hydrogen (secondary N) is 2. The molecule has 5 atom stereocenters. The summed E-state index contributed by atoms with van der Waals surface area (Å²) < 4.78 is 12.3. The van der Waals surface area contributed by atoms with Gasteiger partial charge in [0, 0.05) is 49.3 Å². The van der Waals surface area contributed by atoms with Gasteiger partial charge in [-0.3, -0.25) is 4.79 Å². The molecule has 1 aromatic heterocycles. The van der Waals surface area contributed by atoms with Crippen LogP contribution in [0.5, 0.6) is 11.5 Å². The molecule has 3 heterocycles. The molecule has 1 spiro atoms. The molecule has 6 rings (SSSR count). The van der Waals surface area contributed by atoms with Crippen molar-refractivity contribution < 1.29 is 29.3 Å². The number of likely N-dealkylation sites (N-methyl/N-ethyl adjacent to an activating group) is 1. The Bertz CT molecular complexity index is 1280. The highest BCUT2D eigenvalue weighted by Gasteiger charge is 2.72. The van der Waals surface area contributed by atoms with Gasteiger partial charge >= 0.3 is 5.97 Å². The molecule has 11 heteroatoms. The lowest BCUT2D eigenvalue weighted by atomic mass is 9.50. The average molecular weight is 510 g/mol. The monoisotopic (exact) mass is 509 g/mol. The number of phenolic OH excluding ortho intramolecular Hbond substituents is 1. The molecule has 1 fully saturated rings. The fraction of sp³-hybridized carbons (Fsp3) is 0.500. The number of piperidine rings is 1. The SMILES string of the molecule is CN1CC[C@]23c4c5ccc(O)c4O[C@H]2C(OC(=O)[C@H](Cc2cnc[nH]2)NC(=O)CCN)=CC[C@@]3(O)[C@@H]1C5. The van der Waals surface area contributed by atoms with E-state index in [1.807, 2.05) is 13.1 Å². The van der Waals surface area contributed by atoms with Crippen LogP contribution in [0.2, 0.25) is 0 Å². The van der Waals surface area contributed by atoms with Gasteiger partial charge in [-0.15, -0.1) is 0 Å². The number of carbonyl (C=O) groups is 2. The Hall–Kier alpha value is -3.41. The van der Waals surface area contributed by atoms with E-state index in [0.29, 0.717) is 24.3 Å². The van der Waals surface area contributed by atoms with E-state index in [9.17, 15) is 19.8 Å². The molecular formula is C26H31N5O6. The Morgan fingerprint density at radius 2 is 2.27 bits per heavy atom. The van der Waals surface area contributed by atoms with Crippen molar-refractivity contribution in [3.8, 4) is 11.5 Å². The number of imidazole rings is 1.